The number of nitrogens with one attached hydrogen (secondary N) is 3. The van der Waals surface area contributed by atoms with Crippen molar-refractivity contribution in [2.75, 3.05) is 11.9 Å². The maximum atomic E-state index is 12.6. The summed E-state index contributed by atoms with van der Waals surface area (Å²) in [5.74, 6) is -0.221. The fourth-order valence-corrected chi connectivity index (χ4v) is 3.63. The second-order valence-electron chi connectivity index (χ2n) is 6.02. The summed E-state index contributed by atoms with van der Waals surface area (Å²) in [4.78, 5) is 20.5. The van der Waals surface area contributed by atoms with Crippen LogP contribution in [0.5, 0.6) is 0 Å². The standard InChI is InChI=1S/C20H18N4O2S/c25-17(13-4-2-1-3-5-13)12-23-20(26)18-16(8-11-27-18)24-15-7-10-22-19-14(15)6-9-21-19/h1-11,17,25H,12H2,(H,23,26)(H2,21,22,24). The van der Waals surface area contributed by atoms with Gasteiger partial charge in [0.2, 0.25) is 0 Å². The van der Waals surface area contributed by atoms with Crippen molar-refractivity contribution in [1.82, 2.24) is 15.3 Å². The van der Waals surface area contributed by atoms with Crippen LogP contribution in [-0.4, -0.2) is 27.5 Å². The van der Waals surface area contributed by atoms with Gasteiger partial charge in [-0.1, -0.05) is 30.3 Å². The van der Waals surface area contributed by atoms with Crippen LogP contribution in [0.2, 0.25) is 0 Å². The number of aliphatic hydroxyl groups excluding tert-OH is 1. The van der Waals surface area contributed by atoms with Crippen LogP contribution < -0.4 is 10.6 Å². The van der Waals surface area contributed by atoms with Crippen molar-refractivity contribution >= 4 is 39.7 Å². The smallest absolute Gasteiger partial charge is 0.263 e. The van der Waals surface area contributed by atoms with Crippen LogP contribution in [0.4, 0.5) is 11.4 Å². The summed E-state index contributed by atoms with van der Waals surface area (Å²) in [6.07, 6.45) is 2.80. The number of aromatic nitrogens is 2. The number of rotatable bonds is 6. The Balaban J connectivity index is 1.47. The van der Waals surface area contributed by atoms with Gasteiger partial charge in [-0.3, -0.25) is 4.79 Å². The maximum absolute atomic E-state index is 12.6. The fraction of sp³-hybridized carbons (Fsp3) is 0.100. The largest absolute Gasteiger partial charge is 0.387 e. The van der Waals surface area contributed by atoms with Gasteiger partial charge in [-0.2, -0.15) is 0 Å². The van der Waals surface area contributed by atoms with Crippen LogP contribution in [0.15, 0.2) is 66.3 Å². The molecule has 6 nitrogen and oxygen atoms in total. The summed E-state index contributed by atoms with van der Waals surface area (Å²) >= 11 is 1.35. The number of thiophene rings is 1. The summed E-state index contributed by atoms with van der Waals surface area (Å²) in [6, 6.07) is 14.9. The minimum Gasteiger partial charge on any atom is -0.387 e. The molecule has 0 aliphatic rings. The van der Waals surface area contributed by atoms with Gasteiger partial charge >= 0.3 is 0 Å². The number of benzene rings is 1. The first-order valence-corrected chi connectivity index (χ1v) is 9.38. The van der Waals surface area contributed by atoms with Gasteiger partial charge in [0.1, 0.15) is 10.5 Å². The van der Waals surface area contributed by atoms with Gasteiger partial charge in [0.15, 0.2) is 0 Å². The zero-order valence-electron chi connectivity index (χ0n) is 14.3. The number of carbonyl (C=O) groups excluding carboxylic acids is 1. The zero-order valence-corrected chi connectivity index (χ0v) is 15.2. The van der Waals surface area contributed by atoms with E-state index in [1.54, 1.807) is 6.20 Å². The molecule has 1 unspecified atom stereocenters. The Morgan fingerprint density at radius 1 is 1.15 bits per heavy atom. The quantitative estimate of drug-likeness (QED) is 0.410. The highest BCUT2D eigenvalue weighted by Gasteiger charge is 2.16. The minimum atomic E-state index is -0.744. The lowest BCUT2D eigenvalue weighted by Gasteiger charge is -2.13. The predicted octanol–water partition coefficient (Wildman–Crippen LogP) is 3.83. The molecule has 0 saturated heterocycles. The third kappa shape index (κ3) is 3.69. The molecule has 27 heavy (non-hydrogen) atoms. The second-order valence-corrected chi connectivity index (χ2v) is 6.94. The predicted molar refractivity (Wildman–Crippen MR) is 107 cm³/mol. The number of aromatic amines is 1. The number of nitrogens with zero attached hydrogens (tertiary/aromatic N) is 1. The van der Waals surface area contributed by atoms with Gasteiger partial charge in [0.25, 0.3) is 5.91 Å². The highest BCUT2D eigenvalue weighted by molar-refractivity contribution is 7.12. The summed E-state index contributed by atoms with van der Waals surface area (Å²) in [6.45, 7) is 0.150. The van der Waals surface area contributed by atoms with E-state index in [1.807, 2.05) is 60.1 Å². The van der Waals surface area contributed by atoms with E-state index >= 15 is 0 Å². The fourth-order valence-electron chi connectivity index (χ4n) is 2.86. The van der Waals surface area contributed by atoms with E-state index in [0.29, 0.717) is 4.88 Å². The van der Waals surface area contributed by atoms with E-state index < -0.39 is 6.10 Å². The topological polar surface area (TPSA) is 90.0 Å². The molecule has 4 aromatic rings. The van der Waals surface area contributed by atoms with Crippen molar-refractivity contribution < 1.29 is 9.90 Å². The summed E-state index contributed by atoms with van der Waals surface area (Å²) in [5.41, 5.74) is 3.15. The summed E-state index contributed by atoms with van der Waals surface area (Å²) in [5, 5.41) is 19.2. The highest BCUT2D eigenvalue weighted by atomic mass is 32.1. The van der Waals surface area contributed by atoms with Gasteiger partial charge in [0.05, 0.1) is 17.5 Å². The maximum Gasteiger partial charge on any atom is 0.263 e. The molecule has 4 rings (SSSR count). The van der Waals surface area contributed by atoms with Crippen LogP contribution >= 0.6 is 11.3 Å². The van der Waals surface area contributed by atoms with Crippen molar-refractivity contribution in [2.45, 2.75) is 6.10 Å². The molecule has 1 atom stereocenters. The molecule has 0 saturated carbocycles. The molecule has 0 radical (unpaired) electrons. The normalized spacial score (nSPS) is 12.0. The number of hydrogen-bond acceptors (Lipinski definition) is 5. The summed E-state index contributed by atoms with van der Waals surface area (Å²) in [7, 11) is 0. The first-order chi connectivity index (χ1) is 13.2. The second kappa shape index (κ2) is 7.61. The Hall–Kier alpha value is -3.16. The van der Waals surface area contributed by atoms with E-state index in [-0.39, 0.29) is 12.5 Å². The Morgan fingerprint density at radius 2 is 2.00 bits per heavy atom. The van der Waals surface area contributed by atoms with Crippen LogP contribution in [0, 0.1) is 0 Å². The first kappa shape index (κ1) is 17.3. The number of pyridine rings is 1. The number of amides is 1. The molecule has 0 spiro atoms. The highest BCUT2D eigenvalue weighted by Crippen LogP contribution is 2.29. The molecular weight excluding hydrogens is 360 g/mol. The number of H-pyrrole nitrogens is 1. The molecule has 1 aromatic carbocycles. The number of anilines is 2. The minimum absolute atomic E-state index is 0.150. The van der Waals surface area contributed by atoms with Gasteiger partial charge in [-0.15, -0.1) is 11.3 Å². The molecular formula is C20H18N4O2S. The van der Waals surface area contributed by atoms with Crippen molar-refractivity contribution in [1.29, 1.82) is 0 Å². The van der Waals surface area contributed by atoms with E-state index in [1.165, 1.54) is 11.3 Å². The van der Waals surface area contributed by atoms with Crippen molar-refractivity contribution in [3.8, 4) is 0 Å². The Morgan fingerprint density at radius 3 is 2.85 bits per heavy atom. The number of carbonyl (C=O) groups is 1. The van der Waals surface area contributed by atoms with E-state index in [4.69, 9.17) is 0 Å². The third-order valence-electron chi connectivity index (χ3n) is 4.24. The lowest BCUT2D eigenvalue weighted by Crippen LogP contribution is -2.28. The molecule has 136 valence electrons. The lowest BCUT2D eigenvalue weighted by molar-refractivity contribution is 0.0921. The van der Waals surface area contributed by atoms with E-state index in [0.717, 1.165) is 28.0 Å². The number of aliphatic hydroxyl groups is 1. The molecule has 0 aliphatic heterocycles. The SMILES string of the molecule is O=C(NCC(O)c1ccccc1)c1sccc1Nc1ccnc2[nH]ccc12. The first-order valence-electron chi connectivity index (χ1n) is 8.50. The third-order valence-corrected chi connectivity index (χ3v) is 5.15. The van der Waals surface area contributed by atoms with Crippen LogP contribution in [0.1, 0.15) is 21.3 Å². The average molecular weight is 378 g/mol. The summed E-state index contributed by atoms with van der Waals surface area (Å²) < 4.78 is 0. The Kier molecular flexibility index (Phi) is 4.86. The van der Waals surface area contributed by atoms with E-state index in [2.05, 4.69) is 20.6 Å². The molecule has 0 aliphatic carbocycles. The van der Waals surface area contributed by atoms with E-state index in [9.17, 15) is 9.90 Å². The number of hydrogen-bond donors (Lipinski definition) is 4. The monoisotopic (exact) mass is 378 g/mol. The molecule has 0 bridgehead atoms. The Bertz CT molecular complexity index is 1060. The lowest BCUT2D eigenvalue weighted by atomic mass is 10.1. The molecule has 3 aromatic heterocycles. The zero-order chi connectivity index (χ0) is 18.6. The van der Waals surface area contributed by atoms with Crippen molar-refractivity contribution in [2.24, 2.45) is 0 Å². The molecule has 4 N–H and O–H groups in total. The van der Waals surface area contributed by atoms with Crippen LogP contribution in [0.25, 0.3) is 11.0 Å². The Labute approximate surface area is 159 Å². The molecule has 0 fully saturated rings. The van der Waals surface area contributed by atoms with Gasteiger partial charge < -0.3 is 20.7 Å². The molecule has 1 amide bonds. The van der Waals surface area contributed by atoms with Crippen LogP contribution in [-0.2, 0) is 0 Å². The van der Waals surface area contributed by atoms with Gasteiger partial charge in [-0.05, 0) is 29.1 Å². The van der Waals surface area contributed by atoms with Gasteiger partial charge in [-0.25, -0.2) is 4.98 Å². The molecule has 3 heterocycles. The average Bonchev–Trinajstić information content (AvgIpc) is 3.36. The van der Waals surface area contributed by atoms with Gasteiger partial charge in [0, 0.05) is 24.3 Å². The molecule has 7 heteroatoms. The van der Waals surface area contributed by atoms with Crippen molar-refractivity contribution in [3.05, 3.63) is 76.7 Å². The van der Waals surface area contributed by atoms with Crippen molar-refractivity contribution in [3.63, 3.8) is 0 Å². The van der Waals surface area contributed by atoms with Crippen LogP contribution in [0.3, 0.4) is 0 Å². The number of fused-ring (bicyclic) bond motifs is 1.